The Labute approximate surface area is 143 Å². The number of carbonyl (C=O) groups excluding carboxylic acids is 1. The number of nitrogens with zero attached hydrogens (tertiary/aromatic N) is 4. The Bertz CT molecular complexity index is 550. The van der Waals surface area contributed by atoms with Gasteiger partial charge in [-0.1, -0.05) is 11.6 Å². The predicted octanol–water partition coefficient (Wildman–Crippen LogP) is 2.26. The molecule has 0 aromatic carbocycles. The lowest BCUT2D eigenvalue weighted by Gasteiger charge is -2.34. The first-order chi connectivity index (χ1) is 11.1. The fraction of sp³-hybridized carbons (Fsp3) is 0.647. The van der Waals surface area contributed by atoms with Gasteiger partial charge in [0.1, 0.15) is 5.82 Å². The summed E-state index contributed by atoms with van der Waals surface area (Å²) in [5.41, 5.74) is 0. The van der Waals surface area contributed by atoms with Crippen molar-refractivity contribution < 1.29 is 4.79 Å². The summed E-state index contributed by atoms with van der Waals surface area (Å²) in [6.45, 7) is 2.40. The Balaban J connectivity index is 1.63. The van der Waals surface area contributed by atoms with Crippen LogP contribution in [0.2, 0.25) is 5.02 Å². The molecular formula is C17H25ClN4O. The van der Waals surface area contributed by atoms with Crippen LogP contribution in [0.25, 0.3) is 0 Å². The summed E-state index contributed by atoms with van der Waals surface area (Å²) >= 11 is 5.87. The SMILES string of the molecule is CN(CC(=O)N1CCC[C@H]1[C@@H]1CCCN1C)c1ccc(Cl)cn1. The quantitative estimate of drug-likeness (QED) is 0.845. The van der Waals surface area contributed by atoms with Crippen LogP contribution in [-0.4, -0.2) is 66.5 Å². The molecule has 0 radical (unpaired) electrons. The summed E-state index contributed by atoms with van der Waals surface area (Å²) in [7, 11) is 4.09. The van der Waals surface area contributed by atoms with Crippen LogP contribution in [-0.2, 0) is 4.79 Å². The summed E-state index contributed by atoms with van der Waals surface area (Å²) in [6.07, 6.45) is 6.31. The first-order valence-corrected chi connectivity index (χ1v) is 8.76. The molecule has 2 aliphatic heterocycles. The Morgan fingerprint density at radius 3 is 2.70 bits per heavy atom. The first kappa shape index (κ1) is 16.5. The van der Waals surface area contributed by atoms with Gasteiger partial charge in [-0.05, 0) is 51.4 Å². The van der Waals surface area contributed by atoms with Crippen LogP contribution in [0.15, 0.2) is 18.3 Å². The molecule has 1 aromatic heterocycles. The maximum absolute atomic E-state index is 12.8. The van der Waals surface area contributed by atoms with E-state index in [1.54, 1.807) is 12.3 Å². The van der Waals surface area contributed by atoms with Gasteiger partial charge in [0.25, 0.3) is 0 Å². The summed E-state index contributed by atoms with van der Waals surface area (Å²) in [5, 5.41) is 0.609. The number of hydrogen-bond acceptors (Lipinski definition) is 4. The third-order valence-electron chi connectivity index (χ3n) is 5.12. The largest absolute Gasteiger partial charge is 0.350 e. The van der Waals surface area contributed by atoms with Crippen molar-refractivity contribution >= 4 is 23.3 Å². The lowest BCUT2D eigenvalue weighted by atomic mass is 10.0. The number of pyridine rings is 1. The van der Waals surface area contributed by atoms with Gasteiger partial charge in [-0.3, -0.25) is 4.79 Å². The number of amides is 1. The second-order valence-electron chi connectivity index (χ2n) is 6.68. The van der Waals surface area contributed by atoms with E-state index in [1.165, 1.54) is 12.8 Å². The highest BCUT2D eigenvalue weighted by Gasteiger charge is 2.38. The van der Waals surface area contributed by atoms with Crippen LogP contribution in [0.4, 0.5) is 5.82 Å². The van der Waals surface area contributed by atoms with E-state index in [2.05, 4.69) is 21.8 Å². The number of carbonyl (C=O) groups is 1. The van der Waals surface area contributed by atoms with Crippen LogP contribution in [0, 0.1) is 0 Å². The van der Waals surface area contributed by atoms with E-state index >= 15 is 0 Å². The molecule has 1 aromatic rings. The van der Waals surface area contributed by atoms with Crippen molar-refractivity contribution in [3.8, 4) is 0 Å². The van der Waals surface area contributed by atoms with Crippen molar-refractivity contribution in [2.45, 2.75) is 37.8 Å². The zero-order valence-electron chi connectivity index (χ0n) is 13.9. The number of aromatic nitrogens is 1. The Kier molecular flexibility index (Phi) is 5.07. The molecule has 5 nitrogen and oxygen atoms in total. The van der Waals surface area contributed by atoms with Gasteiger partial charge in [0, 0.05) is 31.9 Å². The van der Waals surface area contributed by atoms with Crippen LogP contribution >= 0.6 is 11.6 Å². The Morgan fingerprint density at radius 1 is 1.30 bits per heavy atom. The van der Waals surface area contributed by atoms with Crippen molar-refractivity contribution in [2.75, 3.05) is 38.6 Å². The highest BCUT2D eigenvalue weighted by atomic mass is 35.5. The van der Waals surface area contributed by atoms with Gasteiger partial charge in [-0.2, -0.15) is 0 Å². The highest BCUT2D eigenvalue weighted by Crippen LogP contribution is 2.29. The topological polar surface area (TPSA) is 39.7 Å². The molecule has 6 heteroatoms. The number of anilines is 1. The van der Waals surface area contributed by atoms with Crippen molar-refractivity contribution in [1.82, 2.24) is 14.8 Å². The molecule has 2 saturated heterocycles. The second kappa shape index (κ2) is 7.05. The van der Waals surface area contributed by atoms with E-state index in [0.717, 1.165) is 31.7 Å². The predicted molar refractivity (Wildman–Crippen MR) is 92.9 cm³/mol. The maximum Gasteiger partial charge on any atom is 0.242 e. The number of likely N-dealkylation sites (N-methyl/N-ethyl adjacent to an activating group) is 2. The molecule has 3 rings (SSSR count). The number of rotatable bonds is 4. The number of hydrogen-bond donors (Lipinski definition) is 0. The van der Waals surface area contributed by atoms with Gasteiger partial charge in [0.2, 0.25) is 5.91 Å². The average Bonchev–Trinajstić information content (AvgIpc) is 3.15. The van der Waals surface area contributed by atoms with Crippen molar-refractivity contribution in [3.63, 3.8) is 0 Å². The van der Waals surface area contributed by atoms with Gasteiger partial charge in [-0.25, -0.2) is 4.98 Å². The molecule has 1 amide bonds. The molecule has 2 fully saturated rings. The number of likely N-dealkylation sites (tertiary alicyclic amines) is 2. The first-order valence-electron chi connectivity index (χ1n) is 8.38. The van der Waals surface area contributed by atoms with Crippen LogP contribution in [0.5, 0.6) is 0 Å². The van der Waals surface area contributed by atoms with E-state index in [1.807, 2.05) is 18.0 Å². The molecule has 23 heavy (non-hydrogen) atoms. The normalized spacial score (nSPS) is 25.1. The van der Waals surface area contributed by atoms with Gasteiger partial charge in [-0.15, -0.1) is 0 Å². The van der Waals surface area contributed by atoms with Gasteiger partial charge < -0.3 is 14.7 Å². The summed E-state index contributed by atoms with van der Waals surface area (Å²) in [6, 6.07) is 4.56. The highest BCUT2D eigenvalue weighted by molar-refractivity contribution is 6.30. The standard InChI is InChI=1S/C17H25ClN4O/c1-20-9-3-5-14(20)15-6-4-10-22(15)17(23)12-21(2)16-8-7-13(18)11-19-16/h7-8,11,14-15H,3-6,9-10,12H2,1-2H3/t14-,15-/m0/s1. The zero-order valence-corrected chi connectivity index (χ0v) is 14.7. The van der Waals surface area contributed by atoms with E-state index in [-0.39, 0.29) is 5.91 Å². The Hall–Kier alpha value is -1.33. The fourth-order valence-electron chi connectivity index (χ4n) is 3.89. The summed E-state index contributed by atoms with van der Waals surface area (Å²) in [5.74, 6) is 0.975. The minimum absolute atomic E-state index is 0.201. The molecule has 126 valence electrons. The molecule has 2 atom stereocenters. The van der Waals surface area contributed by atoms with Crippen LogP contribution in [0.3, 0.4) is 0 Å². The van der Waals surface area contributed by atoms with E-state index in [0.29, 0.717) is 23.7 Å². The molecule has 0 N–H and O–H groups in total. The minimum atomic E-state index is 0.201. The van der Waals surface area contributed by atoms with Gasteiger partial charge >= 0.3 is 0 Å². The average molecular weight is 337 g/mol. The monoisotopic (exact) mass is 336 g/mol. The molecule has 0 saturated carbocycles. The maximum atomic E-state index is 12.8. The lowest BCUT2D eigenvalue weighted by molar-refractivity contribution is -0.131. The molecule has 0 aliphatic carbocycles. The van der Waals surface area contributed by atoms with Gasteiger partial charge in [0.15, 0.2) is 0 Å². The summed E-state index contributed by atoms with van der Waals surface area (Å²) in [4.78, 5) is 23.5. The zero-order chi connectivity index (χ0) is 16.4. The van der Waals surface area contributed by atoms with Crippen LogP contribution < -0.4 is 4.90 Å². The van der Waals surface area contributed by atoms with E-state index in [9.17, 15) is 4.79 Å². The second-order valence-corrected chi connectivity index (χ2v) is 7.11. The van der Waals surface area contributed by atoms with Crippen molar-refractivity contribution in [1.29, 1.82) is 0 Å². The third kappa shape index (κ3) is 3.61. The molecule has 3 heterocycles. The molecular weight excluding hydrogens is 312 g/mol. The molecule has 0 spiro atoms. The number of halogens is 1. The smallest absolute Gasteiger partial charge is 0.242 e. The van der Waals surface area contributed by atoms with Crippen molar-refractivity contribution in [2.24, 2.45) is 0 Å². The molecule has 0 bridgehead atoms. The lowest BCUT2D eigenvalue weighted by Crippen LogP contribution is -2.49. The van der Waals surface area contributed by atoms with E-state index in [4.69, 9.17) is 11.6 Å². The van der Waals surface area contributed by atoms with Crippen LogP contribution in [0.1, 0.15) is 25.7 Å². The molecule has 2 aliphatic rings. The minimum Gasteiger partial charge on any atom is -0.350 e. The van der Waals surface area contributed by atoms with E-state index < -0.39 is 0 Å². The Morgan fingerprint density at radius 2 is 2.04 bits per heavy atom. The fourth-order valence-corrected chi connectivity index (χ4v) is 4.00. The van der Waals surface area contributed by atoms with Crippen molar-refractivity contribution in [3.05, 3.63) is 23.4 Å². The van der Waals surface area contributed by atoms with Gasteiger partial charge in [0.05, 0.1) is 11.6 Å². The molecule has 0 unspecified atom stereocenters. The third-order valence-corrected chi connectivity index (χ3v) is 5.34. The summed E-state index contributed by atoms with van der Waals surface area (Å²) < 4.78 is 0.